The summed E-state index contributed by atoms with van der Waals surface area (Å²) in [7, 11) is 0. The number of imide groups is 1. The minimum atomic E-state index is -1.20. The highest BCUT2D eigenvalue weighted by atomic mass is 16.4. The number of hydrogen-bond acceptors (Lipinski definition) is 4. The van der Waals surface area contributed by atoms with E-state index in [0.29, 0.717) is 19.5 Å². The van der Waals surface area contributed by atoms with Gasteiger partial charge in [-0.05, 0) is 20.3 Å². The summed E-state index contributed by atoms with van der Waals surface area (Å²) < 4.78 is 1.88. The van der Waals surface area contributed by atoms with Crippen LogP contribution in [-0.2, 0) is 16.1 Å². The number of nitrogens with zero attached hydrogens (tertiary/aromatic N) is 2. The van der Waals surface area contributed by atoms with Crippen LogP contribution in [0.2, 0.25) is 0 Å². The van der Waals surface area contributed by atoms with Crippen molar-refractivity contribution in [3.63, 3.8) is 0 Å². The van der Waals surface area contributed by atoms with Gasteiger partial charge in [-0.1, -0.05) is 0 Å². The first kappa shape index (κ1) is 16.7. The second-order valence-corrected chi connectivity index (χ2v) is 5.32. The van der Waals surface area contributed by atoms with Crippen molar-refractivity contribution in [1.29, 1.82) is 0 Å². The predicted octanol–water partition coefficient (Wildman–Crippen LogP) is 0.600. The molecule has 0 radical (unpaired) electrons. The van der Waals surface area contributed by atoms with Crippen LogP contribution in [0.1, 0.15) is 26.7 Å². The van der Waals surface area contributed by atoms with Gasteiger partial charge in [0, 0.05) is 31.9 Å². The summed E-state index contributed by atoms with van der Waals surface area (Å²) in [6.07, 6.45) is 5.60. The molecule has 1 aromatic heterocycles. The second kappa shape index (κ2) is 7.41. The lowest BCUT2D eigenvalue weighted by Crippen LogP contribution is -2.42. The van der Waals surface area contributed by atoms with Gasteiger partial charge in [0.05, 0.1) is 11.7 Å². The molecule has 0 aliphatic carbocycles. The van der Waals surface area contributed by atoms with Gasteiger partial charge < -0.3 is 15.0 Å². The highest BCUT2D eigenvalue weighted by Crippen LogP contribution is 2.19. The fraction of sp³-hybridized carbons (Fsp3) is 0.538. The lowest BCUT2D eigenvalue weighted by atomic mass is 9.89. The van der Waals surface area contributed by atoms with Crippen LogP contribution in [0.4, 0.5) is 4.79 Å². The minimum Gasteiger partial charge on any atom is -0.481 e. The SMILES string of the molecule is CC(C)(CC(=O)NC(=O)NCCCn1ccnc1)C(=O)O. The van der Waals surface area contributed by atoms with E-state index in [1.807, 2.05) is 10.8 Å². The van der Waals surface area contributed by atoms with Gasteiger partial charge in [-0.2, -0.15) is 0 Å². The van der Waals surface area contributed by atoms with Crippen molar-refractivity contribution in [2.24, 2.45) is 5.41 Å². The third-order valence-electron chi connectivity index (χ3n) is 2.87. The molecule has 21 heavy (non-hydrogen) atoms. The summed E-state index contributed by atoms with van der Waals surface area (Å²) in [5.41, 5.74) is -1.20. The molecule has 3 N–H and O–H groups in total. The van der Waals surface area contributed by atoms with Crippen molar-refractivity contribution in [3.05, 3.63) is 18.7 Å². The van der Waals surface area contributed by atoms with E-state index in [-0.39, 0.29) is 6.42 Å². The number of hydrogen-bond donors (Lipinski definition) is 3. The smallest absolute Gasteiger partial charge is 0.321 e. The zero-order valence-corrected chi connectivity index (χ0v) is 12.1. The van der Waals surface area contributed by atoms with Crippen molar-refractivity contribution in [1.82, 2.24) is 20.2 Å². The number of aryl methyl sites for hydroxylation is 1. The number of nitrogens with one attached hydrogen (secondary N) is 2. The van der Waals surface area contributed by atoms with E-state index in [1.165, 1.54) is 13.8 Å². The Labute approximate surface area is 122 Å². The van der Waals surface area contributed by atoms with Crippen LogP contribution < -0.4 is 10.6 Å². The Morgan fingerprint density at radius 3 is 2.62 bits per heavy atom. The number of urea groups is 1. The molecular formula is C13H20N4O4. The van der Waals surface area contributed by atoms with Crippen LogP contribution in [-0.4, -0.2) is 39.1 Å². The van der Waals surface area contributed by atoms with E-state index in [0.717, 1.165) is 0 Å². The summed E-state index contributed by atoms with van der Waals surface area (Å²) in [6.45, 7) is 3.97. The minimum absolute atomic E-state index is 0.259. The third-order valence-corrected chi connectivity index (χ3v) is 2.87. The summed E-state index contributed by atoms with van der Waals surface area (Å²) in [5.74, 6) is -1.70. The van der Waals surface area contributed by atoms with Crippen LogP contribution in [0.25, 0.3) is 0 Å². The molecule has 0 aliphatic rings. The standard InChI is InChI=1S/C13H20N4O4/c1-13(2,11(19)20)8-10(18)16-12(21)15-4-3-6-17-7-5-14-9-17/h5,7,9H,3-4,6,8H2,1-2H3,(H,19,20)(H2,15,16,18,21). The molecule has 1 aromatic rings. The molecule has 3 amide bonds. The van der Waals surface area contributed by atoms with E-state index in [1.54, 1.807) is 12.5 Å². The first-order valence-corrected chi connectivity index (χ1v) is 6.58. The van der Waals surface area contributed by atoms with Gasteiger partial charge in [0.15, 0.2) is 0 Å². The molecule has 0 unspecified atom stereocenters. The first-order chi connectivity index (χ1) is 9.81. The second-order valence-electron chi connectivity index (χ2n) is 5.32. The number of rotatable bonds is 7. The number of imidazole rings is 1. The van der Waals surface area contributed by atoms with Crippen LogP contribution in [0.3, 0.4) is 0 Å². The fourth-order valence-corrected chi connectivity index (χ4v) is 1.57. The molecule has 0 fully saturated rings. The Balaban J connectivity index is 2.21. The summed E-state index contributed by atoms with van der Waals surface area (Å²) in [5, 5.41) is 13.6. The van der Waals surface area contributed by atoms with E-state index in [4.69, 9.17) is 5.11 Å². The maximum atomic E-state index is 11.5. The summed E-state index contributed by atoms with van der Waals surface area (Å²) >= 11 is 0. The van der Waals surface area contributed by atoms with Crippen molar-refractivity contribution in [2.75, 3.05) is 6.54 Å². The highest BCUT2D eigenvalue weighted by molar-refractivity contribution is 5.96. The van der Waals surface area contributed by atoms with Crippen LogP contribution in [0.15, 0.2) is 18.7 Å². The number of carbonyl (C=O) groups is 3. The molecule has 1 rings (SSSR count). The molecule has 116 valence electrons. The molecule has 0 saturated carbocycles. The van der Waals surface area contributed by atoms with E-state index < -0.39 is 23.3 Å². The zero-order chi connectivity index (χ0) is 15.9. The van der Waals surface area contributed by atoms with Gasteiger partial charge in [0.2, 0.25) is 5.91 Å². The van der Waals surface area contributed by atoms with Crippen molar-refractivity contribution >= 4 is 17.9 Å². The van der Waals surface area contributed by atoms with Gasteiger partial charge in [-0.25, -0.2) is 9.78 Å². The Hall–Kier alpha value is -2.38. The average molecular weight is 296 g/mol. The lowest BCUT2D eigenvalue weighted by Gasteiger charge is -2.17. The topological polar surface area (TPSA) is 113 Å². The normalized spacial score (nSPS) is 11.0. The predicted molar refractivity (Wildman–Crippen MR) is 74.4 cm³/mol. The molecule has 0 aromatic carbocycles. The van der Waals surface area contributed by atoms with Crippen LogP contribution >= 0.6 is 0 Å². The molecule has 0 atom stereocenters. The molecular weight excluding hydrogens is 276 g/mol. The molecule has 1 heterocycles. The van der Waals surface area contributed by atoms with Crippen molar-refractivity contribution in [3.8, 4) is 0 Å². The number of aliphatic carboxylic acids is 1. The van der Waals surface area contributed by atoms with Gasteiger partial charge >= 0.3 is 12.0 Å². The number of carboxylic acids is 1. The maximum absolute atomic E-state index is 11.5. The Morgan fingerprint density at radius 2 is 2.05 bits per heavy atom. The maximum Gasteiger partial charge on any atom is 0.321 e. The fourth-order valence-electron chi connectivity index (χ4n) is 1.57. The Bertz CT molecular complexity index is 496. The van der Waals surface area contributed by atoms with E-state index in [9.17, 15) is 14.4 Å². The van der Waals surface area contributed by atoms with Gasteiger partial charge in [0.25, 0.3) is 0 Å². The molecule has 8 nitrogen and oxygen atoms in total. The molecule has 0 aliphatic heterocycles. The van der Waals surface area contributed by atoms with Gasteiger partial charge in [0.1, 0.15) is 0 Å². The number of carboxylic acid groups (broad SMARTS) is 1. The first-order valence-electron chi connectivity index (χ1n) is 6.58. The van der Waals surface area contributed by atoms with Crippen LogP contribution in [0, 0.1) is 5.41 Å². The molecule has 0 bridgehead atoms. The monoisotopic (exact) mass is 296 g/mol. The van der Waals surface area contributed by atoms with Crippen molar-refractivity contribution in [2.45, 2.75) is 33.2 Å². The lowest BCUT2D eigenvalue weighted by molar-refractivity contribution is -0.149. The Kier molecular flexibility index (Phi) is 5.89. The van der Waals surface area contributed by atoms with Gasteiger partial charge in [-0.15, -0.1) is 0 Å². The largest absolute Gasteiger partial charge is 0.481 e. The quantitative estimate of drug-likeness (QED) is 0.638. The van der Waals surface area contributed by atoms with Gasteiger partial charge in [-0.3, -0.25) is 14.9 Å². The Morgan fingerprint density at radius 1 is 1.33 bits per heavy atom. The highest BCUT2D eigenvalue weighted by Gasteiger charge is 2.30. The van der Waals surface area contributed by atoms with E-state index >= 15 is 0 Å². The molecule has 8 heteroatoms. The number of aromatic nitrogens is 2. The third kappa shape index (κ3) is 6.07. The summed E-state index contributed by atoms with van der Waals surface area (Å²) in [4.78, 5) is 37.8. The van der Waals surface area contributed by atoms with E-state index in [2.05, 4.69) is 15.6 Å². The van der Waals surface area contributed by atoms with Crippen molar-refractivity contribution < 1.29 is 19.5 Å². The molecule has 0 spiro atoms. The summed E-state index contributed by atoms with van der Waals surface area (Å²) in [6, 6.07) is -0.619. The average Bonchev–Trinajstić information content (AvgIpc) is 2.86. The number of carbonyl (C=O) groups excluding carboxylic acids is 2. The number of amides is 3. The zero-order valence-electron chi connectivity index (χ0n) is 12.1. The molecule has 0 saturated heterocycles. The van der Waals surface area contributed by atoms with Crippen LogP contribution in [0.5, 0.6) is 0 Å².